The molecule has 0 fully saturated rings. The first-order valence-electron chi connectivity index (χ1n) is 24.0. The number of aryl methyl sites for hydroxylation is 4. The topological polar surface area (TPSA) is 114 Å². The van der Waals surface area contributed by atoms with E-state index in [0.29, 0.717) is 34.7 Å². The Morgan fingerprint density at radius 1 is 0.328 bits per heavy atom. The Morgan fingerprint density at radius 3 is 0.869 bits per heavy atom. The molecule has 0 bridgehead atoms. The van der Waals surface area contributed by atoms with Gasteiger partial charge in [-0.3, -0.25) is 0 Å². The molecule has 0 radical (unpaired) electrons. The van der Waals surface area contributed by atoms with Crippen LogP contribution in [-0.2, 0) is 45.9 Å². The molecule has 336 valence electrons. The second-order valence-electron chi connectivity index (χ2n) is 17.1. The summed E-state index contributed by atoms with van der Waals surface area (Å²) in [7, 11) is -9.03. The molecule has 0 atom stereocenters. The Balaban J connectivity index is 0.000000413. The van der Waals surface area contributed by atoms with E-state index in [1.54, 1.807) is 12.1 Å². The fourth-order valence-electron chi connectivity index (χ4n) is 8.68. The molecule has 0 unspecified atom stereocenters. The van der Waals surface area contributed by atoms with Crippen LogP contribution in [0.4, 0.5) is 0 Å². The van der Waals surface area contributed by atoms with Crippen molar-refractivity contribution >= 4 is 90.7 Å². The van der Waals surface area contributed by atoms with Crippen LogP contribution >= 0.6 is 0 Å². The maximum Gasteiger partial charge on any atom is 2.00 e. The molecule has 0 saturated carbocycles. The van der Waals surface area contributed by atoms with E-state index in [0.717, 1.165) is 73.3 Å². The minimum Gasteiger partial charge on any atom is -0.744 e. The molecule has 4 aromatic carbocycles. The average molecular weight is 1000 g/mol. The van der Waals surface area contributed by atoms with Crippen molar-refractivity contribution < 1.29 is 25.9 Å². The molecule has 0 aliphatic heterocycles. The zero-order valence-corrected chi connectivity index (χ0v) is 44.6. The quantitative estimate of drug-likeness (QED) is 0.0292. The molecule has 0 saturated heterocycles. The van der Waals surface area contributed by atoms with Crippen molar-refractivity contribution in [1.82, 2.24) is 0 Å². The Kier molecular flexibility index (Phi) is 29.0. The van der Waals surface area contributed by atoms with Gasteiger partial charge in [-0.1, -0.05) is 217 Å². The van der Waals surface area contributed by atoms with Crippen LogP contribution in [0.3, 0.4) is 0 Å². The summed E-state index contributed by atoms with van der Waals surface area (Å²) in [6.45, 7) is 8.83. The normalized spacial score (nSPS) is 11.8. The molecule has 61 heavy (non-hydrogen) atoms. The van der Waals surface area contributed by atoms with Crippen LogP contribution in [0.5, 0.6) is 0 Å². The Morgan fingerprint density at radius 2 is 0.590 bits per heavy atom. The average Bonchev–Trinajstić information content (AvgIpc) is 3.22. The van der Waals surface area contributed by atoms with Gasteiger partial charge in [0, 0.05) is 0 Å². The number of hydrogen-bond acceptors (Lipinski definition) is 6. The molecule has 0 aromatic heterocycles. The monoisotopic (exact) mass is 1000 g/mol. The van der Waals surface area contributed by atoms with Crippen molar-refractivity contribution in [1.29, 1.82) is 0 Å². The first-order chi connectivity index (χ1) is 29.0. The molecule has 9 heteroatoms. The Bertz CT molecular complexity index is 1900. The third-order valence-electron chi connectivity index (χ3n) is 12.1. The maximum atomic E-state index is 12.2. The van der Waals surface area contributed by atoms with Crippen molar-refractivity contribution in [2.24, 2.45) is 0 Å². The van der Waals surface area contributed by atoms with Crippen molar-refractivity contribution in [2.45, 2.75) is 217 Å². The van der Waals surface area contributed by atoms with Crippen LogP contribution in [0, 0.1) is 0 Å². The van der Waals surface area contributed by atoms with E-state index in [4.69, 9.17) is 0 Å². The molecule has 4 aromatic rings. The van der Waals surface area contributed by atoms with Gasteiger partial charge in [0.15, 0.2) is 0 Å². The van der Waals surface area contributed by atoms with Crippen LogP contribution in [-0.4, -0.2) is 74.8 Å². The summed E-state index contributed by atoms with van der Waals surface area (Å²) < 4.78 is 72.9. The number of fused-ring (bicyclic) bond motifs is 2. The fourth-order valence-corrected chi connectivity index (χ4v) is 10.6. The van der Waals surface area contributed by atoms with E-state index in [1.165, 1.54) is 116 Å². The van der Waals surface area contributed by atoms with Gasteiger partial charge in [-0.15, -0.1) is 0 Å². The van der Waals surface area contributed by atoms with E-state index >= 15 is 0 Å². The summed E-state index contributed by atoms with van der Waals surface area (Å²) in [6.07, 6.45) is 31.6. The fraction of sp³-hybridized carbons (Fsp3) is 0.615. The third-order valence-corrected chi connectivity index (χ3v) is 14.0. The van der Waals surface area contributed by atoms with E-state index in [1.807, 2.05) is 36.4 Å². The molecular formula is C52H78BaO6S2. The number of benzene rings is 4. The van der Waals surface area contributed by atoms with Crippen molar-refractivity contribution in [3.05, 3.63) is 82.9 Å². The predicted octanol–water partition coefficient (Wildman–Crippen LogP) is 14.7. The molecule has 0 aliphatic carbocycles. The van der Waals surface area contributed by atoms with Gasteiger partial charge >= 0.3 is 48.9 Å². The van der Waals surface area contributed by atoms with Gasteiger partial charge in [-0.05, 0) is 95.2 Å². The molecular weight excluding hydrogens is 922 g/mol. The van der Waals surface area contributed by atoms with Crippen LogP contribution < -0.4 is 0 Å². The molecule has 0 aliphatic rings. The van der Waals surface area contributed by atoms with Gasteiger partial charge in [-0.25, -0.2) is 16.8 Å². The first kappa shape index (κ1) is 55.9. The van der Waals surface area contributed by atoms with Crippen LogP contribution in [0.2, 0.25) is 0 Å². The molecule has 0 amide bonds. The van der Waals surface area contributed by atoms with Gasteiger partial charge in [0.25, 0.3) is 0 Å². The Labute approximate surface area is 412 Å². The smallest absolute Gasteiger partial charge is 0.744 e. The zero-order chi connectivity index (χ0) is 43.6. The van der Waals surface area contributed by atoms with E-state index in [2.05, 4.69) is 39.8 Å². The van der Waals surface area contributed by atoms with E-state index in [9.17, 15) is 25.9 Å². The summed E-state index contributed by atoms with van der Waals surface area (Å²) in [5.74, 6) is 0. The number of unbranched alkanes of at least 4 members (excludes halogenated alkanes) is 20. The van der Waals surface area contributed by atoms with Gasteiger partial charge in [0.1, 0.15) is 20.2 Å². The standard InChI is InChI=1S/2C26H40O3S.Ba/c2*1-3-5-7-9-11-13-16-22-18-15-19-25-24(22)21-20-23(26(25)30(27,28)29)17-14-12-10-8-6-4-2;/h2*15,18-21H,3-14,16-17H2,1-2H3,(H,27,28,29);/q;;+2/p-2. The summed E-state index contributed by atoms with van der Waals surface area (Å²) >= 11 is 0. The summed E-state index contributed by atoms with van der Waals surface area (Å²) in [5.41, 5.74) is 3.67. The SMILES string of the molecule is CCCCCCCCc1ccc2c(CCCCCCCC)cccc2c1S(=O)(=O)[O-].CCCCCCCCc1ccc2c(CCCCCCCC)cccc2c1S(=O)(=O)[O-].[Ba+2]. The summed E-state index contributed by atoms with van der Waals surface area (Å²) in [4.78, 5) is 0.0247. The van der Waals surface area contributed by atoms with Crippen LogP contribution in [0.1, 0.15) is 204 Å². The largest absolute Gasteiger partial charge is 2.00 e. The van der Waals surface area contributed by atoms with Crippen LogP contribution in [0.15, 0.2) is 70.5 Å². The van der Waals surface area contributed by atoms with Crippen LogP contribution in [0.25, 0.3) is 21.5 Å². The van der Waals surface area contributed by atoms with Gasteiger partial charge in [0.05, 0.1) is 9.79 Å². The molecule has 6 nitrogen and oxygen atoms in total. The van der Waals surface area contributed by atoms with Crippen molar-refractivity contribution in [3.8, 4) is 0 Å². The predicted molar refractivity (Wildman–Crippen MR) is 258 cm³/mol. The second kappa shape index (κ2) is 31.6. The third kappa shape index (κ3) is 20.2. The van der Waals surface area contributed by atoms with Gasteiger partial charge in [-0.2, -0.15) is 0 Å². The van der Waals surface area contributed by atoms with E-state index in [-0.39, 0.29) is 58.7 Å². The second-order valence-corrected chi connectivity index (χ2v) is 19.7. The summed E-state index contributed by atoms with van der Waals surface area (Å²) in [6, 6.07) is 19.4. The Hall–Kier alpha value is -1.21. The maximum absolute atomic E-state index is 12.2. The van der Waals surface area contributed by atoms with Crippen molar-refractivity contribution in [3.63, 3.8) is 0 Å². The van der Waals surface area contributed by atoms with Gasteiger partial charge < -0.3 is 9.11 Å². The minimum absolute atomic E-state index is 0. The molecule has 0 heterocycles. The number of hydrogen-bond donors (Lipinski definition) is 0. The molecule has 0 N–H and O–H groups in total. The molecule has 4 rings (SSSR count). The van der Waals surface area contributed by atoms with Crippen molar-refractivity contribution in [2.75, 3.05) is 0 Å². The molecule has 0 spiro atoms. The number of rotatable bonds is 30. The zero-order valence-electron chi connectivity index (χ0n) is 38.5. The van der Waals surface area contributed by atoms with E-state index < -0.39 is 20.2 Å². The summed E-state index contributed by atoms with van der Waals surface area (Å²) in [5, 5.41) is 3.06. The minimum atomic E-state index is -4.51. The van der Waals surface area contributed by atoms with Gasteiger partial charge in [0.2, 0.25) is 0 Å². The first-order valence-corrected chi connectivity index (χ1v) is 26.8.